The van der Waals surface area contributed by atoms with Crippen LogP contribution in [0.2, 0.25) is 0 Å². The average Bonchev–Trinajstić information content (AvgIpc) is 3.03. The second-order valence-electron chi connectivity index (χ2n) is 2.98. The van der Waals surface area contributed by atoms with Crippen molar-refractivity contribution in [2.24, 2.45) is 0 Å². The fourth-order valence-electron chi connectivity index (χ4n) is 1.01. The summed E-state index contributed by atoms with van der Waals surface area (Å²) < 4.78 is 1.72. The van der Waals surface area contributed by atoms with Gasteiger partial charge in [0.25, 0.3) is 0 Å². The van der Waals surface area contributed by atoms with Crippen molar-refractivity contribution in [3.05, 3.63) is 49.9 Å². The van der Waals surface area contributed by atoms with Crippen LogP contribution in [-0.4, -0.2) is 33.1 Å². The Kier molecular flexibility index (Phi) is 17.1. The quantitative estimate of drug-likeness (QED) is 0.441. The number of carbonyl (C=O) groups excluding carboxylic acids is 1. The van der Waals surface area contributed by atoms with Crippen LogP contribution >= 0.6 is 11.8 Å². The molecule has 0 atom stereocenters. The largest absolute Gasteiger partial charge is 1.00 e. The fourth-order valence-corrected chi connectivity index (χ4v) is 1.29. The topological polar surface area (TPSA) is 47.8 Å². The molecule has 2 rings (SSSR count). The van der Waals surface area contributed by atoms with Crippen molar-refractivity contribution in [2.75, 3.05) is 12.0 Å². The second kappa shape index (κ2) is 16.0. The third kappa shape index (κ3) is 9.85. The Morgan fingerprint density at radius 1 is 1.50 bits per heavy atom. The Bertz CT molecular complexity index is 410. The summed E-state index contributed by atoms with van der Waals surface area (Å²) in [6, 6.07) is 6.66. The van der Waals surface area contributed by atoms with Crippen molar-refractivity contribution in [3.63, 3.8) is 0 Å². The normalized spacial score (nSPS) is 8.15. The Morgan fingerprint density at radius 2 is 2.25 bits per heavy atom. The summed E-state index contributed by atoms with van der Waals surface area (Å²) in [4.78, 5) is 13.4. The second-order valence-corrected chi connectivity index (χ2v) is 3.97. The van der Waals surface area contributed by atoms with Gasteiger partial charge in [-0.3, -0.25) is 16.0 Å². The molecule has 0 saturated carbocycles. The molecule has 0 aliphatic heterocycles. The third-order valence-corrected chi connectivity index (χ3v) is 2.38. The monoisotopic (exact) mass is 283 g/mol. The molecule has 0 aliphatic rings. The zero-order valence-corrected chi connectivity index (χ0v) is 13.1. The maximum atomic E-state index is 9.43. The molecule has 2 aromatic rings. The first-order chi connectivity index (χ1) is 9.38. The van der Waals surface area contributed by atoms with Crippen molar-refractivity contribution in [1.29, 1.82) is 0 Å². The van der Waals surface area contributed by atoms with Crippen LogP contribution < -0.4 is 18.9 Å². The van der Waals surface area contributed by atoms with E-state index in [1.54, 1.807) is 54.4 Å². The predicted octanol–water partition coefficient (Wildman–Crippen LogP) is -0.239. The Morgan fingerprint density at radius 3 is 2.65 bits per heavy atom. The first-order valence-electron chi connectivity index (χ1n) is 5.74. The van der Waals surface area contributed by atoms with Crippen LogP contribution in [0.5, 0.6) is 0 Å². The molecule has 2 aromatic heterocycles. The van der Waals surface area contributed by atoms with Gasteiger partial charge in [-0.15, -0.1) is 18.8 Å². The smallest absolute Gasteiger partial charge is 0.542 e. The van der Waals surface area contributed by atoms with E-state index in [9.17, 15) is 4.79 Å². The number of rotatable bonds is 4. The van der Waals surface area contributed by atoms with Gasteiger partial charge in [-0.2, -0.15) is 18.7 Å². The number of nitrogens with zero attached hydrogens (tertiary/aromatic N) is 3. The van der Waals surface area contributed by atoms with Crippen LogP contribution in [0.15, 0.2) is 36.9 Å². The van der Waals surface area contributed by atoms with E-state index in [1.807, 2.05) is 18.4 Å². The van der Waals surface area contributed by atoms with E-state index < -0.39 is 0 Å². The van der Waals surface area contributed by atoms with Crippen molar-refractivity contribution >= 4 is 18.0 Å². The van der Waals surface area contributed by atoms with Crippen molar-refractivity contribution in [3.8, 4) is 5.69 Å². The number of thioether (sulfide) groups is 1. The van der Waals surface area contributed by atoms with Crippen LogP contribution in [0.3, 0.4) is 0 Å². The van der Waals surface area contributed by atoms with Crippen LogP contribution in [-0.2, 0) is 4.79 Å². The summed E-state index contributed by atoms with van der Waals surface area (Å²) in [6.07, 6.45) is 11.2. The molecule has 0 aromatic carbocycles. The first kappa shape index (κ1) is 21.3. The van der Waals surface area contributed by atoms with Gasteiger partial charge in [0.15, 0.2) is 0 Å². The Labute approximate surface area is 137 Å². The minimum Gasteiger partial charge on any atom is -0.542 e. The maximum Gasteiger partial charge on any atom is 1.00 e. The summed E-state index contributed by atoms with van der Waals surface area (Å²) in [5.74, 6) is 0.906. The van der Waals surface area contributed by atoms with E-state index in [0.29, 0.717) is 6.42 Å². The van der Waals surface area contributed by atoms with Gasteiger partial charge in [0.2, 0.25) is 0 Å². The summed E-state index contributed by atoms with van der Waals surface area (Å²) in [5.41, 5.74) is 0.953. The number of hydrogen-bond acceptors (Lipinski definition) is 4. The van der Waals surface area contributed by atoms with Gasteiger partial charge in [-0.05, 0) is 24.1 Å². The Balaban J connectivity index is 0. The molecule has 4 nitrogen and oxygen atoms in total. The van der Waals surface area contributed by atoms with E-state index in [1.165, 1.54) is 0 Å². The Hall–Kier alpha value is -1.02. The molecule has 0 spiro atoms. The molecule has 20 heavy (non-hydrogen) atoms. The molecule has 6 heteroatoms. The van der Waals surface area contributed by atoms with E-state index in [4.69, 9.17) is 0 Å². The van der Waals surface area contributed by atoms with Crippen molar-refractivity contribution < 1.29 is 23.7 Å². The van der Waals surface area contributed by atoms with Crippen LogP contribution in [0.1, 0.15) is 13.3 Å². The van der Waals surface area contributed by atoms with Gasteiger partial charge in [0, 0.05) is 6.20 Å². The minimum atomic E-state index is 0. The van der Waals surface area contributed by atoms with Crippen molar-refractivity contribution in [2.45, 2.75) is 13.3 Å². The molecular weight excluding hydrogens is 265 g/mol. The van der Waals surface area contributed by atoms with E-state index in [0.717, 1.165) is 11.4 Å². The first-order valence-corrected chi connectivity index (χ1v) is 7.13. The van der Waals surface area contributed by atoms with Crippen molar-refractivity contribution in [1.82, 2.24) is 14.8 Å². The van der Waals surface area contributed by atoms with Gasteiger partial charge < -0.3 is 17.8 Å². The molecule has 104 valence electrons. The van der Waals surface area contributed by atoms with Crippen LogP contribution in [0.25, 0.3) is 5.69 Å². The number of hydrogen-bond donors (Lipinski definition) is 0. The minimum absolute atomic E-state index is 0. The molecule has 0 fully saturated rings. The standard InChI is InChI=1S/C8H6N3.C4H7OS.C2H5.Li/c1-3-8(7-9-4-1)11-6-2-5-10-11;1-6-4-2-3-5;1-2;/h1,3-7H;2,4H2,1H3;1H2,2H3;/q3*-1;+1. The predicted molar refractivity (Wildman–Crippen MR) is 79.9 cm³/mol. The molecule has 0 bridgehead atoms. The fraction of sp³-hybridized carbons (Fsp3) is 0.286. The molecule has 0 amide bonds. The van der Waals surface area contributed by atoms with Crippen LogP contribution in [0, 0.1) is 13.0 Å². The SMILES string of the molecule is CSCC[C-]=O.[CH2-]C.[Li+].[c-]1cnn(-c2cccnc2)c1. The maximum absolute atomic E-state index is 9.43. The van der Waals surface area contributed by atoms with Gasteiger partial charge in [0.05, 0.1) is 11.9 Å². The third-order valence-electron chi connectivity index (χ3n) is 1.77. The summed E-state index contributed by atoms with van der Waals surface area (Å²) >= 11 is 1.66. The van der Waals surface area contributed by atoms with Gasteiger partial charge in [-0.25, -0.2) is 5.10 Å². The van der Waals surface area contributed by atoms with Crippen LogP contribution in [0.4, 0.5) is 0 Å². The molecular formula is C14H18LiN3OS-2. The van der Waals surface area contributed by atoms with E-state index >= 15 is 0 Å². The van der Waals surface area contributed by atoms with E-state index in [2.05, 4.69) is 23.1 Å². The van der Waals surface area contributed by atoms with Gasteiger partial charge in [0.1, 0.15) is 0 Å². The zero-order chi connectivity index (χ0) is 14.3. The molecule has 0 unspecified atom stereocenters. The average molecular weight is 283 g/mol. The molecule has 0 saturated heterocycles. The molecule has 0 N–H and O–H groups in total. The molecule has 0 radical (unpaired) electrons. The van der Waals surface area contributed by atoms with Gasteiger partial charge in [-0.1, -0.05) is 0 Å². The van der Waals surface area contributed by atoms with E-state index in [-0.39, 0.29) is 18.9 Å². The summed E-state index contributed by atoms with van der Waals surface area (Å²) in [7, 11) is 0. The van der Waals surface area contributed by atoms with Gasteiger partial charge >= 0.3 is 18.9 Å². The number of aromatic nitrogens is 3. The number of pyridine rings is 1. The zero-order valence-electron chi connectivity index (χ0n) is 12.2. The molecule has 0 aliphatic carbocycles. The summed E-state index contributed by atoms with van der Waals surface area (Å²) in [6.45, 7) is 5.00. The summed E-state index contributed by atoms with van der Waals surface area (Å²) in [5, 5.41) is 4.01. The molecule has 2 heterocycles.